The van der Waals surface area contributed by atoms with Crippen LogP contribution < -0.4 is 10.7 Å². The van der Waals surface area contributed by atoms with Gasteiger partial charge >= 0.3 is 0 Å². The molecule has 0 saturated carbocycles. The number of aryl methyl sites for hydroxylation is 2. The molecule has 1 aromatic carbocycles. The predicted octanol–water partition coefficient (Wildman–Crippen LogP) is 5.20. The molecule has 31 heavy (non-hydrogen) atoms. The smallest absolute Gasteiger partial charge is 0.261 e. The molecule has 0 saturated heterocycles. The van der Waals surface area contributed by atoms with E-state index in [9.17, 15) is 9.59 Å². The lowest BCUT2D eigenvalue weighted by Crippen LogP contribution is -2.29. The minimum Gasteiger partial charge on any atom is -0.343 e. The Labute approximate surface area is 184 Å². The van der Waals surface area contributed by atoms with Crippen molar-refractivity contribution in [2.45, 2.75) is 59.9 Å². The first-order valence-electron chi connectivity index (χ1n) is 10.9. The molecule has 2 heterocycles. The number of nitrogens with zero attached hydrogens (tertiary/aromatic N) is 2. The number of hydrogen-bond acceptors (Lipinski definition) is 3. The highest BCUT2D eigenvalue weighted by Gasteiger charge is 2.21. The Morgan fingerprint density at radius 3 is 2.52 bits per heavy atom. The Balaban J connectivity index is 2.06. The summed E-state index contributed by atoms with van der Waals surface area (Å²) in [6, 6.07) is 11.3. The number of carbonyl (C=O) groups is 1. The fourth-order valence-corrected chi connectivity index (χ4v) is 3.84. The SMILES string of the molecule is CCCCCc1c(C(=O)Nc2cccc(C)c2C)c(=O)cc(C)n1Cc1ccncc1. The van der Waals surface area contributed by atoms with Gasteiger partial charge in [0.2, 0.25) is 0 Å². The Bertz CT molecular complexity index is 1120. The fraction of sp³-hybridized carbons (Fsp3) is 0.346. The third-order valence-electron chi connectivity index (χ3n) is 5.81. The maximum absolute atomic E-state index is 13.3. The molecule has 5 nitrogen and oxygen atoms in total. The molecule has 0 atom stereocenters. The van der Waals surface area contributed by atoms with Crippen LogP contribution in [0, 0.1) is 20.8 Å². The average molecular weight is 418 g/mol. The molecule has 0 aliphatic heterocycles. The number of rotatable bonds is 8. The molecule has 1 N–H and O–H groups in total. The number of benzene rings is 1. The Kier molecular flexibility index (Phi) is 7.40. The molecule has 5 heteroatoms. The number of nitrogens with one attached hydrogen (secondary N) is 1. The Hall–Kier alpha value is -3.21. The molecule has 0 bridgehead atoms. The molecule has 3 aromatic rings. The highest BCUT2D eigenvalue weighted by molar-refractivity contribution is 6.05. The number of hydrogen-bond donors (Lipinski definition) is 1. The van der Waals surface area contributed by atoms with Gasteiger partial charge in [0.15, 0.2) is 5.43 Å². The van der Waals surface area contributed by atoms with Crippen LogP contribution in [0.25, 0.3) is 0 Å². The van der Waals surface area contributed by atoms with E-state index in [1.165, 1.54) is 0 Å². The highest BCUT2D eigenvalue weighted by Crippen LogP contribution is 2.21. The van der Waals surface area contributed by atoms with Crippen LogP contribution in [0.5, 0.6) is 0 Å². The number of anilines is 1. The largest absolute Gasteiger partial charge is 0.343 e. The molecule has 3 rings (SSSR count). The molecule has 0 radical (unpaired) electrons. The van der Waals surface area contributed by atoms with Crippen molar-refractivity contribution in [2.24, 2.45) is 0 Å². The zero-order chi connectivity index (χ0) is 22.4. The second-order valence-electron chi connectivity index (χ2n) is 8.07. The first kappa shape index (κ1) is 22.5. The number of unbranched alkanes of at least 4 members (excludes halogenated alkanes) is 2. The fourth-order valence-electron chi connectivity index (χ4n) is 3.84. The average Bonchev–Trinajstić information content (AvgIpc) is 2.74. The maximum atomic E-state index is 13.3. The number of amides is 1. The second kappa shape index (κ2) is 10.2. The van der Waals surface area contributed by atoms with Gasteiger partial charge in [0, 0.05) is 42.1 Å². The summed E-state index contributed by atoms with van der Waals surface area (Å²) >= 11 is 0. The Morgan fingerprint density at radius 2 is 1.81 bits per heavy atom. The van der Waals surface area contributed by atoms with E-state index in [1.807, 2.05) is 51.1 Å². The number of carbonyl (C=O) groups excluding carboxylic acids is 1. The lowest BCUT2D eigenvalue weighted by atomic mass is 10.0. The number of aromatic nitrogens is 2. The maximum Gasteiger partial charge on any atom is 0.261 e. The molecule has 0 unspecified atom stereocenters. The monoisotopic (exact) mass is 417 g/mol. The van der Waals surface area contributed by atoms with Crippen molar-refractivity contribution < 1.29 is 4.79 Å². The van der Waals surface area contributed by atoms with Gasteiger partial charge in [-0.05, 0) is 68.5 Å². The van der Waals surface area contributed by atoms with Crippen LogP contribution in [-0.4, -0.2) is 15.5 Å². The van der Waals surface area contributed by atoms with Gasteiger partial charge in [-0.2, -0.15) is 0 Å². The lowest BCUT2D eigenvalue weighted by Gasteiger charge is -2.21. The molecule has 162 valence electrons. The van der Waals surface area contributed by atoms with Gasteiger partial charge in [0.25, 0.3) is 5.91 Å². The van der Waals surface area contributed by atoms with E-state index in [4.69, 9.17) is 0 Å². The molecule has 0 aliphatic carbocycles. The third-order valence-corrected chi connectivity index (χ3v) is 5.81. The van der Waals surface area contributed by atoms with E-state index in [1.54, 1.807) is 18.5 Å². The van der Waals surface area contributed by atoms with E-state index in [0.717, 1.165) is 53.0 Å². The summed E-state index contributed by atoms with van der Waals surface area (Å²) in [7, 11) is 0. The first-order chi connectivity index (χ1) is 14.9. The van der Waals surface area contributed by atoms with E-state index in [-0.39, 0.29) is 16.9 Å². The Morgan fingerprint density at radius 1 is 1.06 bits per heavy atom. The van der Waals surface area contributed by atoms with Crippen molar-refractivity contribution in [1.82, 2.24) is 9.55 Å². The highest BCUT2D eigenvalue weighted by atomic mass is 16.2. The summed E-state index contributed by atoms with van der Waals surface area (Å²) < 4.78 is 2.10. The van der Waals surface area contributed by atoms with Gasteiger partial charge < -0.3 is 9.88 Å². The molecule has 0 spiro atoms. The predicted molar refractivity (Wildman–Crippen MR) is 126 cm³/mol. The topological polar surface area (TPSA) is 64.0 Å². The summed E-state index contributed by atoms with van der Waals surface area (Å²) in [5.41, 5.74) is 5.61. The molecule has 0 fully saturated rings. The van der Waals surface area contributed by atoms with Gasteiger partial charge in [-0.1, -0.05) is 31.9 Å². The van der Waals surface area contributed by atoms with E-state index < -0.39 is 0 Å². The van der Waals surface area contributed by atoms with Gasteiger partial charge in [0.1, 0.15) is 5.56 Å². The lowest BCUT2D eigenvalue weighted by molar-refractivity contribution is 0.102. The molecular weight excluding hydrogens is 386 g/mol. The molecule has 1 amide bonds. The summed E-state index contributed by atoms with van der Waals surface area (Å²) in [5.74, 6) is -0.339. The first-order valence-corrected chi connectivity index (χ1v) is 10.9. The minimum absolute atomic E-state index is 0.224. The van der Waals surface area contributed by atoms with Gasteiger partial charge in [0.05, 0.1) is 0 Å². The quantitative estimate of drug-likeness (QED) is 0.512. The van der Waals surface area contributed by atoms with Crippen molar-refractivity contribution >= 4 is 11.6 Å². The van der Waals surface area contributed by atoms with E-state index in [2.05, 4.69) is 21.8 Å². The van der Waals surface area contributed by atoms with Crippen LogP contribution in [0.3, 0.4) is 0 Å². The number of pyridine rings is 2. The molecule has 0 aliphatic rings. The minimum atomic E-state index is -0.339. The standard InChI is InChI=1S/C26H31N3O2/c1-5-6-7-11-23-25(26(31)28-22-10-8-9-18(2)20(22)4)24(30)16-19(3)29(23)17-21-12-14-27-15-13-21/h8-10,12-16H,5-7,11,17H2,1-4H3,(H,28,31). The second-order valence-corrected chi connectivity index (χ2v) is 8.07. The van der Waals surface area contributed by atoms with E-state index >= 15 is 0 Å². The molecule has 2 aromatic heterocycles. The van der Waals surface area contributed by atoms with Crippen LogP contribution in [0.1, 0.15) is 64.6 Å². The summed E-state index contributed by atoms with van der Waals surface area (Å²) in [4.78, 5) is 30.4. The van der Waals surface area contributed by atoms with Crippen molar-refractivity contribution in [3.63, 3.8) is 0 Å². The van der Waals surface area contributed by atoms with Crippen molar-refractivity contribution in [3.8, 4) is 0 Å². The van der Waals surface area contributed by atoms with Gasteiger partial charge in [-0.15, -0.1) is 0 Å². The van der Waals surface area contributed by atoms with Crippen molar-refractivity contribution in [2.75, 3.05) is 5.32 Å². The van der Waals surface area contributed by atoms with Crippen LogP contribution in [0.4, 0.5) is 5.69 Å². The van der Waals surface area contributed by atoms with Crippen LogP contribution in [0.2, 0.25) is 0 Å². The van der Waals surface area contributed by atoms with Gasteiger partial charge in [-0.3, -0.25) is 14.6 Å². The zero-order valence-corrected chi connectivity index (χ0v) is 18.9. The summed E-state index contributed by atoms with van der Waals surface area (Å²) in [6.45, 7) is 8.66. The van der Waals surface area contributed by atoms with Crippen LogP contribution in [-0.2, 0) is 13.0 Å². The summed E-state index contributed by atoms with van der Waals surface area (Å²) in [5, 5.41) is 2.99. The van der Waals surface area contributed by atoms with Crippen molar-refractivity contribution in [3.05, 3.63) is 92.7 Å². The van der Waals surface area contributed by atoms with Gasteiger partial charge in [-0.25, -0.2) is 0 Å². The zero-order valence-electron chi connectivity index (χ0n) is 18.9. The summed E-state index contributed by atoms with van der Waals surface area (Å²) in [6.07, 6.45) is 7.26. The van der Waals surface area contributed by atoms with Crippen molar-refractivity contribution in [1.29, 1.82) is 0 Å². The van der Waals surface area contributed by atoms with Crippen LogP contribution >= 0.6 is 0 Å². The third kappa shape index (κ3) is 5.29. The normalized spacial score (nSPS) is 10.8. The van der Waals surface area contributed by atoms with Crippen LogP contribution in [0.15, 0.2) is 53.6 Å². The molecular formula is C26H31N3O2. The van der Waals surface area contributed by atoms with E-state index in [0.29, 0.717) is 13.0 Å².